The molecule has 0 atom stereocenters. The second-order valence-corrected chi connectivity index (χ2v) is 3.87. The van der Waals surface area contributed by atoms with E-state index in [1.165, 1.54) is 0 Å². The van der Waals surface area contributed by atoms with Crippen LogP contribution in [0.5, 0.6) is 6.01 Å². The smallest absolute Gasteiger partial charge is 0.449 e. The van der Waals surface area contributed by atoms with Gasteiger partial charge in [-0.25, -0.2) is 14.8 Å². The summed E-state index contributed by atoms with van der Waals surface area (Å²) in [5.41, 5.74) is 0.872. The molecule has 0 amide bonds. The van der Waals surface area contributed by atoms with E-state index in [2.05, 4.69) is 14.7 Å². The maximum absolute atomic E-state index is 10.1. The van der Waals surface area contributed by atoms with E-state index in [1.807, 2.05) is 20.8 Å². The number of ether oxygens (including phenoxy) is 1. The zero-order valence-electron chi connectivity index (χ0n) is 8.31. The standard InChI is InChI=1S/C9H12N2O3/c1-9(2,3)6-4-10-7(11-5-6)14-8(12)13/h4-5H,1-3H3,(H,12,13). The summed E-state index contributed by atoms with van der Waals surface area (Å²) in [7, 11) is 0. The third-order valence-electron chi connectivity index (χ3n) is 1.67. The normalized spacial score (nSPS) is 11.1. The average molecular weight is 196 g/mol. The van der Waals surface area contributed by atoms with Gasteiger partial charge in [0.05, 0.1) is 0 Å². The highest BCUT2D eigenvalue weighted by Gasteiger charge is 2.15. The molecule has 0 bridgehead atoms. The maximum atomic E-state index is 10.1. The number of hydrogen-bond acceptors (Lipinski definition) is 4. The average Bonchev–Trinajstić information content (AvgIpc) is 2.02. The zero-order valence-corrected chi connectivity index (χ0v) is 8.31. The first-order valence-corrected chi connectivity index (χ1v) is 4.13. The fraction of sp³-hybridized carbons (Fsp3) is 0.444. The molecule has 0 radical (unpaired) electrons. The van der Waals surface area contributed by atoms with Gasteiger partial charge in [0.2, 0.25) is 0 Å². The van der Waals surface area contributed by atoms with Crippen LogP contribution in [-0.4, -0.2) is 21.2 Å². The molecule has 0 aliphatic rings. The third-order valence-corrected chi connectivity index (χ3v) is 1.67. The summed E-state index contributed by atoms with van der Waals surface area (Å²) in [5, 5.41) is 8.29. The van der Waals surface area contributed by atoms with Gasteiger partial charge in [-0.05, 0) is 11.0 Å². The number of nitrogens with zero attached hydrogens (tertiary/aromatic N) is 2. The Hall–Kier alpha value is -1.65. The molecule has 1 aromatic heterocycles. The van der Waals surface area contributed by atoms with E-state index in [0.717, 1.165) is 5.56 Å². The van der Waals surface area contributed by atoms with Crippen LogP contribution in [0.4, 0.5) is 4.79 Å². The van der Waals surface area contributed by atoms with Crippen LogP contribution in [0.25, 0.3) is 0 Å². The summed E-state index contributed by atoms with van der Waals surface area (Å²) < 4.78 is 4.28. The number of aromatic nitrogens is 2. The number of carbonyl (C=O) groups is 1. The molecule has 1 rings (SSSR count). The SMILES string of the molecule is CC(C)(C)c1cnc(OC(=O)O)nc1. The Balaban J connectivity index is 2.84. The molecule has 1 N–H and O–H groups in total. The zero-order chi connectivity index (χ0) is 10.8. The highest BCUT2D eigenvalue weighted by molar-refractivity contribution is 5.59. The lowest BCUT2D eigenvalue weighted by molar-refractivity contribution is 0.140. The molecule has 0 saturated heterocycles. The van der Waals surface area contributed by atoms with Crippen LogP contribution in [0.15, 0.2) is 12.4 Å². The lowest BCUT2D eigenvalue weighted by atomic mass is 9.89. The lowest BCUT2D eigenvalue weighted by Crippen LogP contribution is -2.13. The largest absolute Gasteiger partial charge is 0.513 e. The summed E-state index contributed by atoms with van der Waals surface area (Å²) >= 11 is 0. The highest BCUT2D eigenvalue weighted by Crippen LogP contribution is 2.20. The van der Waals surface area contributed by atoms with E-state index < -0.39 is 6.16 Å². The van der Waals surface area contributed by atoms with Gasteiger partial charge in [-0.2, -0.15) is 0 Å². The summed E-state index contributed by atoms with van der Waals surface area (Å²) in [5.74, 6) is 0. The van der Waals surface area contributed by atoms with Crippen molar-refractivity contribution in [1.82, 2.24) is 9.97 Å². The molecule has 0 aliphatic heterocycles. The first kappa shape index (κ1) is 10.4. The molecule has 1 aromatic rings. The molecule has 0 fully saturated rings. The third kappa shape index (κ3) is 2.69. The lowest BCUT2D eigenvalue weighted by Gasteiger charge is -2.17. The van der Waals surface area contributed by atoms with Gasteiger partial charge in [-0.3, -0.25) is 0 Å². The van der Waals surface area contributed by atoms with Gasteiger partial charge >= 0.3 is 12.2 Å². The molecular weight excluding hydrogens is 184 g/mol. The molecule has 14 heavy (non-hydrogen) atoms. The Kier molecular flexibility index (Phi) is 2.69. The van der Waals surface area contributed by atoms with E-state index in [-0.39, 0.29) is 11.4 Å². The summed E-state index contributed by atoms with van der Waals surface area (Å²) in [6.45, 7) is 6.05. The molecule has 0 unspecified atom stereocenters. The van der Waals surface area contributed by atoms with Crippen LogP contribution in [0.1, 0.15) is 26.3 Å². The minimum atomic E-state index is -1.41. The van der Waals surface area contributed by atoms with Gasteiger partial charge in [0.25, 0.3) is 0 Å². The quantitative estimate of drug-likeness (QED) is 0.693. The van der Waals surface area contributed by atoms with Gasteiger partial charge in [-0.1, -0.05) is 20.8 Å². The summed E-state index contributed by atoms with van der Waals surface area (Å²) in [6.07, 6.45) is 1.71. The van der Waals surface area contributed by atoms with Crippen LogP contribution in [-0.2, 0) is 5.41 Å². The van der Waals surface area contributed by atoms with Crippen LogP contribution < -0.4 is 4.74 Å². The highest BCUT2D eigenvalue weighted by atomic mass is 16.7. The monoisotopic (exact) mass is 196 g/mol. The molecule has 76 valence electrons. The van der Waals surface area contributed by atoms with E-state index in [9.17, 15) is 4.79 Å². The second-order valence-electron chi connectivity index (χ2n) is 3.87. The minimum Gasteiger partial charge on any atom is -0.449 e. The van der Waals surface area contributed by atoms with Crippen molar-refractivity contribution >= 4 is 6.16 Å². The van der Waals surface area contributed by atoms with Gasteiger partial charge in [0, 0.05) is 12.4 Å². The molecule has 5 nitrogen and oxygen atoms in total. The van der Waals surface area contributed by atoms with Crippen molar-refractivity contribution in [2.75, 3.05) is 0 Å². The Bertz CT molecular complexity index is 327. The first-order chi connectivity index (χ1) is 6.39. The van der Waals surface area contributed by atoms with Crippen molar-refractivity contribution in [3.05, 3.63) is 18.0 Å². The van der Waals surface area contributed by atoms with Crippen LogP contribution in [0.3, 0.4) is 0 Å². The number of hydrogen-bond donors (Lipinski definition) is 1. The Labute approximate surface area is 81.8 Å². The molecule has 0 spiro atoms. The molecule has 0 saturated carbocycles. The topological polar surface area (TPSA) is 72.3 Å². The minimum absolute atomic E-state index is 0.0538. The Morgan fingerprint density at radius 3 is 2.21 bits per heavy atom. The van der Waals surface area contributed by atoms with Crippen LogP contribution in [0.2, 0.25) is 0 Å². The Morgan fingerprint density at radius 2 is 1.86 bits per heavy atom. The molecule has 0 aliphatic carbocycles. The van der Waals surface area contributed by atoms with Gasteiger partial charge in [-0.15, -0.1) is 0 Å². The fourth-order valence-electron chi connectivity index (χ4n) is 0.834. The van der Waals surface area contributed by atoms with E-state index in [4.69, 9.17) is 5.11 Å². The fourth-order valence-corrected chi connectivity index (χ4v) is 0.834. The van der Waals surface area contributed by atoms with Crippen molar-refractivity contribution in [3.63, 3.8) is 0 Å². The molecule has 0 aromatic carbocycles. The summed E-state index contributed by atoms with van der Waals surface area (Å²) in [4.78, 5) is 17.7. The van der Waals surface area contributed by atoms with Crippen molar-refractivity contribution in [1.29, 1.82) is 0 Å². The van der Waals surface area contributed by atoms with Crippen molar-refractivity contribution in [2.45, 2.75) is 26.2 Å². The van der Waals surface area contributed by atoms with Gasteiger partial charge in [0.1, 0.15) is 0 Å². The molecular formula is C9H12N2O3. The predicted octanol–water partition coefficient (Wildman–Crippen LogP) is 1.83. The number of carboxylic acid groups (broad SMARTS) is 1. The van der Waals surface area contributed by atoms with E-state index >= 15 is 0 Å². The first-order valence-electron chi connectivity index (χ1n) is 4.13. The van der Waals surface area contributed by atoms with Gasteiger partial charge in [0.15, 0.2) is 0 Å². The molecule has 5 heteroatoms. The summed E-state index contributed by atoms with van der Waals surface area (Å²) in [6, 6.07) is -0.148. The predicted molar refractivity (Wildman–Crippen MR) is 49.4 cm³/mol. The van der Waals surface area contributed by atoms with Crippen molar-refractivity contribution in [2.24, 2.45) is 0 Å². The maximum Gasteiger partial charge on any atom is 0.513 e. The molecule has 1 heterocycles. The Morgan fingerprint density at radius 1 is 1.36 bits per heavy atom. The van der Waals surface area contributed by atoms with Crippen molar-refractivity contribution < 1.29 is 14.6 Å². The van der Waals surface area contributed by atoms with E-state index in [0.29, 0.717) is 0 Å². The van der Waals surface area contributed by atoms with E-state index in [1.54, 1.807) is 12.4 Å². The van der Waals surface area contributed by atoms with Crippen LogP contribution in [0, 0.1) is 0 Å². The van der Waals surface area contributed by atoms with Gasteiger partial charge < -0.3 is 9.84 Å². The van der Waals surface area contributed by atoms with Crippen LogP contribution >= 0.6 is 0 Å². The number of rotatable bonds is 1. The second kappa shape index (κ2) is 3.61. The van der Waals surface area contributed by atoms with Crippen molar-refractivity contribution in [3.8, 4) is 6.01 Å².